The Labute approximate surface area is 148 Å². The smallest absolute Gasteiger partial charge is 0.251 e. The Hall–Kier alpha value is -2.62. The molecule has 0 unspecified atom stereocenters. The van der Waals surface area contributed by atoms with Gasteiger partial charge in [-0.05, 0) is 56.5 Å². The molecule has 2 amide bonds. The van der Waals surface area contributed by atoms with Gasteiger partial charge in [0.2, 0.25) is 5.91 Å². The third kappa shape index (κ3) is 3.73. The topological polar surface area (TPSA) is 49.4 Å². The molecule has 1 heterocycles. The summed E-state index contributed by atoms with van der Waals surface area (Å²) in [4.78, 5) is 26.3. The Morgan fingerprint density at radius 3 is 2.64 bits per heavy atom. The molecule has 130 valence electrons. The average molecular weight is 336 g/mol. The lowest BCUT2D eigenvalue weighted by molar-refractivity contribution is -0.117. The van der Waals surface area contributed by atoms with Crippen LogP contribution in [0.2, 0.25) is 0 Å². The summed E-state index contributed by atoms with van der Waals surface area (Å²) in [7, 11) is 0. The van der Waals surface area contributed by atoms with E-state index in [4.69, 9.17) is 0 Å². The zero-order valence-electron chi connectivity index (χ0n) is 15.0. The number of nitrogens with one attached hydrogen (secondary N) is 1. The van der Waals surface area contributed by atoms with Gasteiger partial charge < -0.3 is 10.2 Å². The van der Waals surface area contributed by atoms with Crippen LogP contribution in [0.25, 0.3) is 0 Å². The lowest BCUT2D eigenvalue weighted by atomic mass is 10.00. The summed E-state index contributed by atoms with van der Waals surface area (Å²) in [6.45, 7) is 6.84. The summed E-state index contributed by atoms with van der Waals surface area (Å²) in [6.07, 6.45) is 1.46. The molecule has 0 aliphatic carbocycles. The van der Waals surface area contributed by atoms with E-state index < -0.39 is 0 Å². The molecule has 1 fully saturated rings. The zero-order valence-corrected chi connectivity index (χ0v) is 15.0. The van der Waals surface area contributed by atoms with Crippen LogP contribution in [0.4, 0.5) is 5.69 Å². The molecule has 1 aliphatic heterocycles. The van der Waals surface area contributed by atoms with Gasteiger partial charge in [-0.3, -0.25) is 9.59 Å². The molecule has 1 saturated heterocycles. The molecule has 0 aromatic heterocycles. The predicted molar refractivity (Wildman–Crippen MR) is 99.8 cm³/mol. The van der Waals surface area contributed by atoms with Crippen LogP contribution in [0.15, 0.2) is 42.5 Å². The molecule has 2 aromatic rings. The highest BCUT2D eigenvalue weighted by molar-refractivity contribution is 5.99. The lowest BCUT2D eigenvalue weighted by Crippen LogP contribution is -2.28. The van der Waals surface area contributed by atoms with E-state index in [9.17, 15) is 9.59 Å². The van der Waals surface area contributed by atoms with Crippen molar-refractivity contribution in [3.63, 3.8) is 0 Å². The maximum absolute atomic E-state index is 12.6. The van der Waals surface area contributed by atoms with Crippen molar-refractivity contribution in [2.45, 2.75) is 39.7 Å². The van der Waals surface area contributed by atoms with Crippen molar-refractivity contribution in [3.8, 4) is 0 Å². The van der Waals surface area contributed by atoms with Gasteiger partial charge in [0.1, 0.15) is 0 Å². The van der Waals surface area contributed by atoms with Gasteiger partial charge in [-0.25, -0.2) is 0 Å². The molecule has 4 nitrogen and oxygen atoms in total. The molecular formula is C21H24N2O2. The van der Waals surface area contributed by atoms with Crippen LogP contribution in [0.5, 0.6) is 0 Å². The van der Waals surface area contributed by atoms with E-state index in [1.54, 1.807) is 17.0 Å². The molecule has 0 spiro atoms. The molecule has 25 heavy (non-hydrogen) atoms. The number of nitrogens with zero attached hydrogens (tertiary/aromatic N) is 1. The summed E-state index contributed by atoms with van der Waals surface area (Å²) in [5, 5.41) is 3.06. The Balaban J connectivity index is 1.76. The molecule has 0 bridgehead atoms. The van der Waals surface area contributed by atoms with E-state index >= 15 is 0 Å². The van der Waals surface area contributed by atoms with E-state index in [2.05, 4.69) is 37.4 Å². The minimum absolute atomic E-state index is 0.0785. The first-order chi connectivity index (χ1) is 12.0. The van der Waals surface area contributed by atoms with Gasteiger partial charge >= 0.3 is 0 Å². The minimum Gasteiger partial charge on any atom is -0.346 e. The standard InChI is InChI=1S/C21H24N2O2/c1-14-9-10-19(15(2)12-14)16(3)22-21(25)17-6-4-7-18(13-17)23-11-5-8-20(23)24/h4,6-7,9-10,12-13,16H,5,8,11H2,1-3H3,(H,22,25)/t16-/m0/s1. The summed E-state index contributed by atoms with van der Waals surface area (Å²) >= 11 is 0. The highest BCUT2D eigenvalue weighted by Gasteiger charge is 2.22. The quantitative estimate of drug-likeness (QED) is 0.920. The monoisotopic (exact) mass is 336 g/mol. The second-order valence-electron chi connectivity index (χ2n) is 6.75. The third-order valence-electron chi connectivity index (χ3n) is 4.73. The van der Waals surface area contributed by atoms with Crippen LogP contribution >= 0.6 is 0 Å². The van der Waals surface area contributed by atoms with Crippen LogP contribution in [0.1, 0.15) is 52.9 Å². The number of amides is 2. The van der Waals surface area contributed by atoms with Gasteiger partial charge in [-0.2, -0.15) is 0 Å². The minimum atomic E-state index is -0.124. The van der Waals surface area contributed by atoms with E-state index in [1.807, 2.05) is 19.1 Å². The third-order valence-corrected chi connectivity index (χ3v) is 4.73. The first kappa shape index (κ1) is 17.2. The van der Waals surface area contributed by atoms with Gasteiger partial charge in [-0.1, -0.05) is 29.8 Å². The molecule has 1 N–H and O–H groups in total. The summed E-state index contributed by atoms with van der Waals surface area (Å²) in [6, 6.07) is 13.5. The maximum Gasteiger partial charge on any atom is 0.251 e. The Bertz CT molecular complexity index is 813. The number of hydrogen-bond donors (Lipinski definition) is 1. The molecule has 1 aliphatic rings. The van der Waals surface area contributed by atoms with Crippen LogP contribution in [-0.4, -0.2) is 18.4 Å². The van der Waals surface area contributed by atoms with Crippen molar-refractivity contribution in [2.24, 2.45) is 0 Å². The highest BCUT2D eigenvalue weighted by Crippen LogP contribution is 2.23. The fourth-order valence-corrected chi connectivity index (χ4v) is 3.41. The Morgan fingerprint density at radius 2 is 1.96 bits per heavy atom. The van der Waals surface area contributed by atoms with Crippen LogP contribution in [0, 0.1) is 13.8 Å². The van der Waals surface area contributed by atoms with E-state index in [0.717, 1.165) is 24.2 Å². The van der Waals surface area contributed by atoms with Gasteiger partial charge in [0.15, 0.2) is 0 Å². The van der Waals surface area contributed by atoms with Crippen molar-refractivity contribution in [1.29, 1.82) is 0 Å². The fourth-order valence-electron chi connectivity index (χ4n) is 3.41. The predicted octanol–water partition coefficient (Wildman–Crippen LogP) is 3.92. The second-order valence-corrected chi connectivity index (χ2v) is 6.75. The number of carbonyl (C=O) groups excluding carboxylic acids is 2. The molecule has 1 atom stereocenters. The molecule has 2 aromatic carbocycles. The maximum atomic E-state index is 12.6. The molecule has 0 saturated carbocycles. The zero-order chi connectivity index (χ0) is 18.0. The fraction of sp³-hybridized carbons (Fsp3) is 0.333. The van der Waals surface area contributed by atoms with Crippen molar-refractivity contribution in [1.82, 2.24) is 5.32 Å². The summed E-state index contributed by atoms with van der Waals surface area (Å²) in [5.41, 5.74) is 4.87. The van der Waals surface area contributed by atoms with Crippen molar-refractivity contribution >= 4 is 17.5 Å². The highest BCUT2D eigenvalue weighted by atomic mass is 16.2. The SMILES string of the molecule is Cc1ccc([C@H](C)NC(=O)c2cccc(N3CCCC3=O)c2)c(C)c1. The number of anilines is 1. The number of rotatable bonds is 4. The van der Waals surface area contributed by atoms with Gasteiger partial charge in [0.25, 0.3) is 5.91 Å². The Kier molecular flexibility index (Phi) is 4.88. The first-order valence-corrected chi connectivity index (χ1v) is 8.74. The molecule has 0 radical (unpaired) electrons. The largest absolute Gasteiger partial charge is 0.346 e. The summed E-state index contributed by atoms with van der Waals surface area (Å²) < 4.78 is 0. The van der Waals surface area contributed by atoms with E-state index in [0.29, 0.717) is 12.0 Å². The first-order valence-electron chi connectivity index (χ1n) is 8.74. The normalized spacial score (nSPS) is 15.3. The van der Waals surface area contributed by atoms with Gasteiger partial charge in [-0.15, -0.1) is 0 Å². The van der Waals surface area contributed by atoms with Gasteiger partial charge in [0, 0.05) is 24.2 Å². The van der Waals surface area contributed by atoms with E-state index in [-0.39, 0.29) is 17.9 Å². The van der Waals surface area contributed by atoms with E-state index in [1.165, 1.54) is 11.1 Å². The lowest BCUT2D eigenvalue weighted by Gasteiger charge is -2.19. The van der Waals surface area contributed by atoms with Crippen molar-refractivity contribution in [2.75, 3.05) is 11.4 Å². The van der Waals surface area contributed by atoms with Gasteiger partial charge in [0.05, 0.1) is 6.04 Å². The summed E-state index contributed by atoms with van der Waals surface area (Å²) in [5.74, 6) is 0.00202. The molecular weight excluding hydrogens is 312 g/mol. The second kappa shape index (κ2) is 7.09. The van der Waals surface area contributed by atoms with Crippen molar-refractivity contribution in [3.05, 3.63) is 64.7 Å². The van der Waals surface area contributed by atoms with Crippen molar-refractivity contribution < 1.29 is 9.59 Å². The average Bonchev–Trinajstić information content (AvgIpc) is 3.01. The molecule has 4 heteroatoms. The van der Waals surface area contributed by atoms with Crippen LogP contribution < -0.4 is 10.2 Å². The Morgan fingerprint density at radius 1 is 1.16 bits per heavy atom. The number of aryl methyl sites for hydroxylation is 2. The number of carbonyl (C=O) groups is 2. The van der Waals surface area contributed by atoms with Crippen LogP contribution in [0.3, 0.4) is 0 Å². The number of hydrogen-bond acceptors (Lipinski definition) is 2. The van der Waals surface area contributed by atoms with Crippen LogP contribution in [-0.2, 0) is 4.79 Å². The molecule has 3 rings (SSSR count). The number of benzene rings is 2.